The number of urea groups is 1. The fourth-order valence-electron chi connectivity index (χ4n) is 6.13. The summed E-state index contributed by atoms with van der Waals surface area (Å²) < 4.78 is 7.12. The Morgan fingerprint density at radius 1 is 0.976 bits per heavy atom. The number of benzene rings is 1. The van der Waals surface area contributed by atoms with Gasteiger partial charge in [-0.05, 0) is 43.4 Å². The smallest absolute Gasteiger partial charge is 0.331 e. The highest BCUT2D eigenvalue weighted by Gasteiger charge is 2.30. The van der Waals surface area contributed by atoms with Crippen LogP contribution in [0.1, 0.15) is 37.8 Å². The van der Waals surface area contributed by atoms with Crippen LogP contribution in [0.2, 0.25) is 0 Å². The topological polar surface area (TPSA) is 125 Å². The Morgan fingerprint density at radius 3 is 2.43 bits per heavy atom. The van der Waals surface area contributed by atoms with Gasteiger partial charge in [0.15, 0.2) is 0 Å². The molecule has 3 aromatic rings. The highest BCUT2D eigenvalue weighted by Crippen LogP contribution is 2.29. The summed E-state index contributed by atoms with van der Waals surface area (Å²) in [5.41, 5.74) is 5.93. The Labute approximate surface area is 244 Å². The minimum atomic E-state index is -0.177. The normalized spacial score (nSPS) is 20.2. The van der Waals surface area contributed by atoms with E-state index in [1.807, 2.05) is 47.2 Å². The second-order valence-corrected chi connectivity index (χ2v) is 11.4. The average Bonchev–Trinajstić information content (AvgIpc) is 3.48. The Morgan fingerprint density at radius 2 is 1.71 bits per heavy atom. The van der Waals surface area contributed by atoms with Gasteiger partial charge in [0.2, 0.25) is 11.9 Å². The number of nitrogens with one attached hydrogen (secondary N) is 2. The average molecular weight is 575 g/mol. The number of hydrogen-bond acceptors (Lipinski definition) is 8. The molecule has 222 valence electrons. The first-order chi connectivity index (χ1) is 20.4. The van der Waals surface area contributed by atoms with Crippen LogP contribution in [0.5, 0.6) is 0 Å². The molecule has 42 heavy (non-hydrogen) atoms. The van der Waals surface area contributed by atoms with E-state index in [9.17, 15) is 14.4 Å². The maximum Gasteiger partial charge on any atom is 0.331 e. The summed E-state index contributed by atoms with van der Waals surface area (Å²) in [6, 6.07) is 9.57. The van der Waals surface area contributed by atoms with Crippen molar-refractivity contribution < 1.29 is 14.3 Å². The number of rotatable bonds is 5. The summed E-state index contributed by atoms with van der Waals surface area (Å²) in [6.45, 7) is 8.50. The highest BCUT2D eigenvalue weighted by molar-refractivity contribution is 5.82. The largest absolute Gasteiger partial charge is 0.379 e. The van der Waals surface area contributed by atoms with Crippen molar-refractivity contribution in [3.05, 3.63) is 52.4 Å². The van der Waals surface area contributed by atoms with Gasteiger partial charge in [-0.15, -0.1) is 0 Å². The minimum Gasteiger partial charge on any atom is -0.379 e. The summed E-state index contributed by atoms with van der Waals surface area (Å²) in [7, 11) is 0. The van der Waals surface area contributed by atoms with E-state index in [1.54, 1.807) is 22.6 Å². The van der Waals surface area contributed by atoms with Crippen LogP contribution in [0, 0.1) is 6.92 Å². The van der Waals surface area contributed by atoms with Gasteiger partial charge >= 0.3 is 6.03 Å². The van der Waals surface area contributed by atoms with Crippen LogP contribution in [-0.2, 0) is 9.53 Å². The fourth-order valence-corrected chi connectivity index (χ4v) is 6.13. The third-order valence-electron chi connectivity index (χ3n) is 8.56. The van der Waals surface area contributed by atoms with Crippen molar-refractivity contribution in [2.45, 2.75) is 45.2 Å². The molecular weight excluding hydrogens is 536 g/mol. The molecule has 0 saturated carbocycles. The first kappa shape index (κ1) is 28.1. The van der Waals surface area contributed by atoms with E-state index >= 15 is 0 Å². The van der Waals surface area contributed by atoms with Gasteiger partial charge in [-0.1, -0.05) is 24.3 Å². The van der Waals surface area contributed by atoms with Crippen molar-refractivity contribution in [2.24, 2.45) is 0 Å². The molecule has 2 N–H and O–H groups in total. The van der Waals surface area contributed by atoms with Crippen molar-refractivity contribution in [2.75, 3.05) is 57.8 Å². The van der Waals surface area contributed by atoms with Crippen molar-refractivity contribution in [1.29, 1.82) is 0 Å². The van der Waals surface area contributed by atoms with Gasteiger partial charge in [-0.25, -0.2) is 14.8 Å². The molecule has 12 heteroatoms. The number of morpholine rings is 1. The number of pyridine rings is 1. The van der Waals surface area contributed by atoms with Crippen LogP contribution in [0.3, 0.4) is 0 Å². The maximum atomic E-state index is 14.1. The Hall–Kier alpha value is -4.03. The fraction of sp³-hybridized carbons (Fsp3) is 0.500. The molecule has 5 heterocycles. The molecule has 0 aliphatic carbocycles. The molecule has 0 bridgehead atoms. The van der Waals surface area contributed by atoms with Crippen LogP contribution in [0.25, 0.3) is 22.2 Å². The molecule has 3 amide bonds. The number of amides is 3. The van der Waals surface area contributed by atoms with Crippen LogP contribution in [0.4, 0.5) is 10.7 Å². The predicted molar refractivity (Wildman–Crippen MR) is 159 cm³/mol. The van der Waals surface area contributed by atoms with Crippen LogP contribution < -0.4 is 16.3 Å². The van der Waals surface area contributed by atoms with E-state index in [4.69, 9.17) is 9.72 Å². The van der Waals surface area contributed by atoms with E-state index in [0.29, 0.717) is 76.1 Å². The number of anilines is 1. The van der Waals surface area contributed by atoms with Crippen molar-refractivity contribution in [3.8, 4) is 11.1 Å². The molecule has 3 fully saturated rings. The monoisotopic (exact) mass is 574 g/mol. The van der Waals surface area contributed by atoms with Gasteiger partial charge in [-0.2, -0.15) is 4.98 Å². The number of ether oxygens (including phenoxy) is 1. The third-order valence-corrected chi connectivity index (χ3v) is 8.56. The second-order valence-electron chi connectivity index (χ2n) is 11.4. The molecular formula is C30H38N8O4. The summed E-state index contributed by atoms with van der Waals surface area (Å²) in [4.78, 5) is 52.0. The van der Waals surface area contributed by atoms with Gasteiger partial charge < -0.3 is 19.9 Å². The van der Waals surface area contributed by atoms with E-state index in [0.717, 1.165) is 29.4 Å². The molecule has 0 spiro atoms. The molecule has 1 atom stereocenters. The molecule has 6 rings (SSSR count). The summed E-state index contributed by atoms with van der Waals surface area (Å²) in [5.74, 6) is 0.462. The number of carbonyl (C=O) groups is 2. The molecule has 3 aliphatic rings. The number of hydrogen-bond donors (Lipinski definition) is 2. The zero-order valence-electron chi connectivity index (χ0n) is 24.2. The zero-order valence-corrected chi connectivity index (χ0v) is 24.2. The van der Waals surface area contributed by atoms with Crippen molar-refractivity contribution in [3.63, 3.8) is 0 Å². The van der Waals surface area contributed by atoms with E-state index in [1.165, 1.54) is 0 Å². The standard InChI is InChI=1S/C30H38N8O4/c1-20-5-3-4-6-25(20)26-17-22-18-31-29(33-27(22)38(28(26)40)24-9-12-36(19-24)21(2)39)32-23-7-10-35(11-8-23)30(41)34-37-13-15-42-16-14-37/h3-6,17-18,23-24H,7-16,19H2,1-2H3,(H,34,41)(H,31,32,33)/t24-/m0/s1. The van der Waals surface area contributed by atoms with Crippen LogP contribution >= 0.6 is 0 Å². The van der Waals surface area contributed by atoms with Gasteiger partial charge in [0, 0.05) is 69.4 Å². The number of likely N-dealkylation sites (tertiary alicyclic amines) is 2. The molecule has 0 unspecified atom stereocenters. The van der Waals surface area contributed by atoms with Crippen molar-refractivity contribution in [1.82, 2.24) is 34.8 Å². The van der Waals surface area contributed by atoms with Crippen molar-refractivity contribution >= 4 is 28.9 Å². The van der Waals surface area contributed by atoms with E-state index < -0.39 is 0 Å². The number of nitrogens with zero attached hydrogens (tertiary/aromatic N) is 6. The number of fused-ring (bicyclic) bond motifs is 1. The van der Waals surface area contributed by atoms with Gasteiger partial charge in [0.05, 0.1) is 19.3 Å². The Kier molecular flexibility index (Phi) is 8.07. The maximum absolute atomic E-state index is 14.1. The second kappa shape index (κ2) is 12.1. The number of aromatic nitrogens is 3. The number of hydrazine groups is 1. The molecule has 1 aromatic carbocycles. The predicted octanol–water partition coefficient (Wildman–Crippen LogP) is 2.39. The molecule has 12 nitrogen and oxygen atoms in total. The first-order valence-electron chi connectivity index (χ1n) is 14.8. The Balaban J connectivity index is 1.23. The lowest BCUT2D eigenvalue weighted by Gasteiger charge is -2.35. The molecule has 0 radical (unpaired) electrons. The quantitative estimate of drug-likeness (QED) is 0.476. The number of aryl methyl sites for hydroxylation is 1. The molecule has 3 saturated heterocycles. The van der Waals surface area contributed by atoms with E-state index in [-0.39, 0.29) is 29.6 Å². The van der Waals surface area contributed by atoms with Gasteiger partial charge in [-0.3, -0.25) is 19.6 Å². The minimum absolute atomic E-state index is 0.00636. The Bertz CT molecular complexity index is 1530. The molecule has 3 aliphatic heterocycles. The van der Waals surface area contributed by atoms with Crippen LogP contribution in [-0.4, -0.2) is 99.8 Å². The summed E-state index contributed by atoms with van der Waals surface area (Å²) in [6.07, 6.45) is 3.97. The third kappa shape index (κ3) is 5.82. The van der Waals surface area contributed by atoms with E-state index in [2.05, 4.69) is 15.7 Å². The number of piperidine rings is 1. The van der Waals surface area contributed by atoms with Gasteiger partial charge in [0.1, 0.15) is 5.65 Å². The lowest BCUT2D eigenvalue weighted by Crippen LogP contribution is -2.54. The SMILES string of the molecule is CC(=O)N1CC[C@H](n2c(=O)c(-c3ccccc3C)cc3cnc(NC4CCN(C(=O)NN5CCOCC5)CC4)nc32)C1. The zero-order chi connectivity index (χ0) is 29.2. The van der Waals surface area contributed by atoms with Crippen LogP contribution in [0.15, 0.2) is 41.3 Å². The number of carbonyl (C=O) groups excluding carboxylic acids is 2. The highest BCUT2D eigenvalue weighted by atomic mass is 16.5. The summed E-state index contributed by atoms with van der Waals surface area (Å²) >= 11 is 0. The first-order valence-corrected chi connectivity index (χ1v) is 14.8. The molecule has 2 aromatic heterocycles. The lowest BCUT2D eigenvalue weighted by molar-refractivity contribution is -0.127. The summed E-state index contributed by atoms with van der Waals surface area (Å²) in [5, 5.41) is 6.12. The lowest BCUT2D eigenvalue weighted by atomic mass is 10.0. The van der Waals surface area contributed by atoms with Gasteiger partial charge in [0.25, 0.3) is 5.56 Å².